The van der Waals surface area contributed by atoms with Gasteiger partial charge in [-0.05, 0) is 18.2 Å². The molecule has 1 aromatic carbocycles. The van der Waals surface area contributed by atoms with Crippen LogP contribution in [0.3, 0.4) is 0 Å². The second-order valence-corrected chi connectivity index (χ2v) is 8.82. The molecule has 156 valence electrons. The van der Waals surface area contributed by atoms with E-state index < -0.39 is 36.4 Å². The zero-order valence-corrected chi connectivity index (χ0v) is 17.6. The molecule has 12 heteroatoms. The molecule has 0 amide bonds. The summed E-state index contributed by atoms with van der Waals surface area (Å²) in [5.74, 6) is 0. The minimum absolute atomic E-state index is 0.285. The van der Waals surface area contributed by atoms with Gasteiger partial charge in [0, 0.05) is 10.3 Å². The molecule has 0 bridgehead atoms. The number of aliphatic hydroxyl groups excluding tert-OH is 3. The number of hydrogen-bond acceptors (Lipinski definition) is 10. The number of hydrogen-bond donors (Lipinski definition) is 3. The van der Waals surface area contributed by atoms with Crippen LogP contribution in [0.2, 0.25) is 5.02 Å². The van der Waals surface area contributed by atoms with E-state index in [0.717, 1.165) is 0 Å². The molecule has 5 unspecified atom stereocenters. The quantitative estimate of drug-likeness (QED) is 0.513. The van der Waals surface area contributed by atoms with Gasteiger partial charge in [-0.25, -0.2) is 9.67 Å². The SMILES string of the molecule is N#Cc1ccc(SC2OC(CO)C(O)C(n3cc(-c4cscn4)nn3)C2O)cc1Cl. The van der Waals surface area contributed by atoms with Crippen LogP contribution in [0.5, 0.6) is 0 Å². The van der Waals surface area contributed by atoms with E-state index in [2.05, 4.69) is 15.3 Å². The zero-order valence-electron chi connectivity index (χ0n) is 15.2. The van der Waals surface area contributed by atoms with Crippen LogP contribution >= 0.6 is 34.7 Å². The molecule has 9 nitrogen and oxygen atoms in total. The molecule has 1 aliphatic heterocycles. The van der Waals surface area contributed by atoms with Crippen LogP contribution < -0.4 is 0 Å². The highest BCUT2D eigenvalue weighted by Gasteiger charge is 2.46. The van der Waals surface area contributed by atoms with Crippen molar-refractivity contribution >= 4 is 34.7 Å². The molecular formula is C18H16ClN5O4S2. The highest BCUT2D eigenvalue weighted by molar-refractivity contribution is 7.99. The van der Waals surface area contributed by atoms with Crippen molar-refractivity contribution in [1.82, 2.24) is 20.0 Å². The second-order valence-electron chi connectivity index (χ2n) is 6.53. The highest BCUT2D eigenvalue weighted by atomic mass is 35.5. The molecule has 3 heterocycles. The van der Waals surface area contributed by atoms with Gasteiger partial charge < -0.3 is 20.1 Å². The Morgan fingerprint density at radius 2 is 2.13 bits per heavy atom. The maximum atomic E-state index is 11.0. The minimum atomic E-state index is -1.21. The first-order valence-electron chi connectivity index (χ1n) is 8.81. The summed E-state index contributed by atoms with van der Waals surface area (Å²) in [7, 11) is 0. The van der Waals surface area contributed by atoms with E-state index in [9.17, 15) is 15.3 Å². The average molecular weight is 466 g/mol. The zero-order chi connectivity index (χ0) is 21.3. The minimum Gasteiger partial charge on any atom is -0.394 e. The van der Waals surface area contributed by atoms with E-state index in [0.29, 0.717) is 21.8 Å². The van der Waals surface area contributed by atoms with Gasteiger partial charge in [0.05, 0.1) is 28.9 Å². The summed E-state index contributed by atoms with van der Waals surface area (Å²) in [6.45, 7) is -0.441. The fourth-order valence-electron chi connectivity index (χ4n) is 3.15. The molecule has 3 N–H and O–H groups in total. The second kappa shape index (κ2) is 8.99. The molecule has 0 spiro atoms. The molecule has 1 aliphatic rings. The van der Waals surface area contributed by atoms with Gasteiger partial charge in [-0.2, -0.15) is 5.26 Å². The first-order chi connectivity index (χ1) is 14.5. The lowest BCUT2D eigenvalue weighted by Gasteiger charge is -2.41. The molecule has 4 rings (SSSR count). The number of aliphatic hydroxyl groups is 3. The number of benzene rings is 1. The highest BCUT2D eigenvalue weighted by Crippen LogP contribution is 2.39. The number of rotatable bonds is 5. The molecule has 0 aliphatic carbocycles. The van der Waals surface area contributed by atoms with E-state index >= 15 is 0 Å². The van der Waals surface area contributed by atoms with Gasteiger partial charge in [-0.3, -0.25) is 0 Å². The van der Waals surface area contributed by atoms with Crippen LogP contribution in [-0.4, -0.2) is 65.7 Å². The number of thiazole rings is 1. The summed E-state index contributed by atoms with van der Waals surface area (Å²) < 4.78 is 7.09. The standard InChI is InChI=1S/C18H16ClN5O4S2/c19-11-3-10(2-1-9(11)4-20)30-18-17(27)15(16(26)14(6-25)28-18)24-5-12(22-23-24)13-7-29-8-21-13/h1-3,5,7-8,14-18,25-27H,6H2. The molecule has 1 fully saturated rings. The van der Waals surface area contributed by atoms with E-state index in [1.165, 1.54) is 27.8 Å². The van der Waals surface area contributed by atoms with E-state index in [4.69, 9.17) is 21.6 Å². The van der Waals surface area contributed by atoms with E-state index in [1.807, 2.05) is 11.4 Å². The number of ether oxygens (including phenoxy) is 1. The Bertz CT molecular complexity index is 1060. The first kappa shape index (κ1) is 21.2. The summed E-state index contributed by atoms with van der Waals surface area (Å²) >= 11 is 8.68. The average Bonchev–Trinajstić information content (AvgIpc) is 3.42. The molecule has 5 atom stereocenters. The Labute approximate surface area is 184 Å². The number of aromatic nitrogens is 4. The Morgan fingerprint density at radius 3 is 2.80 bits per heavy atom. The first-order valence-corrected chi connectivity index (χ1v) is 11.0. The Hall–Kier alpha value is -2.04. The summed E-state index contributed by atoms with van der Waals surface area (Å²) in [4.78, 5) is 4.84. The van der Waals surface area contributed by atoms with Crippen LogP contribution in [-0.2, 0) is 4.74 Å². The van der Waals surface area contributed by atoms with E-state index in [1.54, 1.807) is 29.9 Å². The number of nitrogens with zero attached hydrogens (tertiary/aromatic N) is 5. The van der Waals surface area contributed by atoms with E-state index in [-0.39, 0.29) is 5.02 Å². The van der Waals surface area contributed by atoms with Crippen LogP contribution in [0.25, 0.3) is 11.4 Å². The topological polar surface area (TPSA) is 137 Å². The largest absolute Gasteiger partial charge is 0.394 e. The Balaban J connectivity index is 1.60. The maximum absolute atomic E-state index is 11.0. The molecule has 0 radical (unpaired) electrons. The van der Waals surface area contributed by atoms with Crippen molar-refractivity contribution in [3.8, 4) is 17.5 Å². The van der Waals surface area contributed by atoms with Crippen LogP contribution in [0.4, 0.5) is 0 Å². The smallest absolute Gasteiger partial charge is 0.136 e. The van der Waals surface area contributed by atoms with Crippen LogP contribution in [0.1, 0.15) is 11.6 Å². The molecule has 3 aromatic rings. The van der Waals surface area contributed by atoms with Gasteiger partial charge in [0.2, 0.25) is 0 Å². The van der Waals surface area contributed by atoms with Gasteiger partial charge >= 0.3 is 0 Å². The van der Waals surface area contributed by atoms with Crippen molar-refractivity contribution in [2.45, 2.75) is 34.7 Å². The predicted molar refractivity (Wildman–Crippen MR) is 110 cm³/mol. The molecule has 0 saturated carbocycles. The summed E-state index contributed by atoms with van der Waals surface area (Å²) in [5.41, 5.74) is 2.32. The van der Waals surface area contributed by atoms with Crippen molar-refractivity contribution in [2.24, 2.45) is 0 Å². The third kappa shape index (κ3) is 4.08. The predicted octanol–water partition coefficient (Wildman–Crippen LogP) is 1.70. The fraction of sp³-hybridized carbons (Fsp3) is 0.333. The number of nitriles is 1. The third-order valence-electron chi connectivity index (χ3n) is 4.67. The lowest BCUT2D eigenvalue weighted by atomic mass is 9.97. The lowest BCUT2D eigenvalue weighted by Crippen LogP contribution is -2.55. The van der Waals surface area contributed by atoms with Crippen molar-refractivity contribution in [3.05, 3.63) is 45.9 Å². The number of halogens is 1. The summed E-state index contributed by atoms with van der Waals surface area (Å²) in [6, 6.07) is 5.96. The van der Waals surface area contributed by atoms with Crippen molar-refractivity contribution in [1.29, 1.82) is 5.26 Å². The summed E-state index contributed by atoms with van der Waals surface area (Å²) in [5, 5.41) is 50.6. The molecule has 30 heavy (non-hydrogen) atoms. The molecular weight excluding hydrogens is 450 g/mol. The van der Waals surface area contributed by atoms with Crippen LogP contribution in [0, 0.1) is 11.3 Å². The Kier molecular flexibility index (Phi) is 6.35. The fourth-order valence-corrected chi connectivity index (χ4v) is 5.08. The van der Waals surface area contributed by atoms with Crippen LogP contribution in [0.15, 0.2) is 40.2 Å². The van der Waals surface area contributed by atoms with Crippen molar-refractivity contribution < 1.29 is 20.1 Å². The molecule has 2 aromatic heterocycles. The van der Waals surface area contributed by atoms with Gasteiger partial charge in [-0.1, -0.05) is 28.6 Å². The van der Waals surface area contributed by atoms with Crippen molar-refractivity contribution in [3.63, 3.8) is 0 Å². The third-order valence-corrected chi connectivity index (χ3v) is 6.72. The summed E-state index contributed by atoms with van der Waals surface area (Å²) in [6.07, 6.45) is -1.73. The monoisotopic (exact) mass is 465 g/mol. The van der Waals surface area contributed by atoms with Gasteiger partial charge in [0.1, 0.15) is 47.2 Å². The van der Waals surface area contributed by atoms with Gasteiger partial charge in [0.25, 0.3) is 0 Å². The normalized spacial score (nSPS) is 26.4. The molecule has 1 saturated heterocycles. The number of thioether (sulfide) groups is 1. The van der Waals surface area contributed by atoms with Crippen molar-refractivity contribution in [2.75, 3.05) is 6.61 Å². The van der Waals surface area contributed by atoms with Gasteiger partial charge in [-0.15, -0.1) is 16.4 Å². The van der Waals surface area contributed by atoms with Gasteiger partial charge in [0.15, 0.2) is 0 Å². The lowest BCUT2D eigenvalue weighted by molar-refractivity contribution is -0.178. The maximum Gasteiger partial charge on any atom is 0.136 e. The Morgan fingerprint density at radius 1 is 1.30 bits per heavy atom.